The van der Waals surface area contributed by atoms with Crippen LogP contribution in [-0.4, -0.2) is 21.0 Å². The summed E-state index contributed by atoms with van der Waals surface area (Å²) < 4.78 is 4.61. The van der Waals surface area contributed by atoms with Crippen LogP contribution in [0, 0.1) is 0 Å². The monoisotopic (exact) mass is 222 g/mol. The molecule has 0 atom stereocenters. The highest BCUT2D eigenvalue weighted by molar-refractivity contribution is 7.16. The molecule has 2 rings (SSSR count). The molecule has 0 spiro atoms. The van der Waals surface area contributed by atoms with Crippen molar-refractivity contribution in [1.29, 1.82) is 0 Å². The standard InChI is InChI=1S/C8H6N4O2S/c9-7(13)14-8-12-4-6(15-8)5-3-10-1-2-11-5/h1-4H,(H2,9,13). The molecule has 0 radical (unpaired) electrons. The second-order valence-electron chi connectivity index (χ2n) is 2.50. The third-order valence-corrected chi connectivity index (χ3v) is 2.39. The molecule has 0 aliphatic rings. The highest BCUT2D eigenvalue weighted by atomic mass is 32.1. The van der Waals surface area contributed by atoms with Crippen LogP contribution < -0.4 is 10.5 Å². The average Bonchev–Trinajstić information content (AvgIpc) is 2.67. The van der Waals surface area contributed by atoms with E-state index in [2.05, 4.69) is 19.7 Å². The summed E-state index contributed by atoms with van der Waals surface area (Å²) in [6, 6.07) is 0. The van der Waals surface area contributed by atoms with Crippen molar-refractivity contribution in [1.82, 2.24) is 15.0 Å². The van der Waals surface area contributed by atoms with E-state index in [0.717, 1.165) is 4.88 Å². The van der Waals surface area contributed by atoms with Crippen LogP contribution in [0.4, 0.5) is 4.79 Å². The first-order valence-electron chi connectivity index (χ1n) is 3.95. The molecule has 0 aliphatic carbocycles. The Kier molecular flexibility index (Phi) is 2.55. The molecule has 0 saturated carbocycles. The molecule has 2 aromatic heterocycles. The van der Waals surface area contributed by atoms with E-state index in [4.69, 9.17) is 5.73 Å². The quantitative estimate of drug-likeness (QED) is 0.820. The van der Waals surface area contributed by atoms with Crippen molar-refractivity contribution < 1.29 is 9.53 Å². The lowest BCUT2D eigenvalue weighted by Gasteiger charge is -1.92. The Morgan fingerprint density at radius 1 is 1.33 bits per heavy atom. The summed E-state index contributed by atoms with van der Waals surface area (Å²) in [4.78, 5) is 23.1. The lowest BCUT2D eigenvalue weighted by molar-refractivity contribution is 0.210. The number of nitrogens with zero attached hydrogens (tertiary/aromatic N) is 3. The maximum absolute atomic E-state index is 10.5. The van der Waals surface area contributed by atoms with Crippen LogP contribution in [0.2, 0.25) is 0 Å². The molecule has 0 bridgehead atoms. The van der Waals surface area contributed by atoms with Crippen molar-refractivity contribution in [2.45, 2.75) is 0 Å². The van der Waals surface area contributed by atoms with Gasteiger partial charge in [-0.15, -0.1) is 0 Å². The number of aromatic nitrogens is 3. The average molecular weight is 222 g/mol. The molecule has 15 heavy (non-hydrogen) atoms. The Balaban J connectivity index is 2.24. The predicted octanol–water partition coefficient (Wildman–Crippen LogP) is 1.06. The van der Waals surface area contributed by atoms with Crippen molar-refractivity contribution >= 4 is 17.4 Å². The van der Waals surface area contributed by atoms with Gasteiger partial charge >= 0.3 is 6.09 Å². The minimum atomic E-state index is -0.880. The zero-order valence-corrected chi connectivity index (χ0v) is 8.27. The lowest BCUT2D eigenvalue weighted by atomic mass is 10.4. The van der Waals surface area contributed by atoms with Gasteiger partial charge in [-0.1, -0.05) is 11.3 Å². The molecule has 0 saturated heterocycles. The van der Waals surface area contributed by atoms with Gasteiger partial charge in [0.15, 0.2) is 0 Å². The normalized spacial score (nSPS) is 9.87. The van der Waals surface area contributed by atoms with Crippen LogP contribution in [0.15, 0.2) is 24.8 Å². The molecule has 0 fully saturated rings. The van der Waals surface area contributed by atoms with Crippen LogP contribution in [0.3, 0.4) is 0 Å². The number of amides is 1. The van der Waals surface area contributed by atoms with Crippen LogP contribution in [0.25, 0.3) is 10.6 Å². The first kappa shape index (κ1) is 9.53. The van der Waals surface area contributed by atoms with Crippen LogP contribution >= 0.6 is 11.3 Å². The van der Waals surface area contributed by atoms with E-state index in [9.17, 15) is 4.79 Å². The molecule has 1 amide bonds. The third kappa shape index (κ3) is 2.26. The molecular formula is C8H6N4O2S. The maximum Gasteiger partial charge on any atom is 0.411 e. The second-order valence-corrected chi connectivity index (χ2v) is 3.50. The summed E-state index contributed by atoms with van der Waals surface area (Å²) in [5.41, 5.74) is 5.53. The summed E-state index contributed by atoms with van der Waals surface area (Å²) >= 11 is 1.18. The van der Waals surface area contributed by atoms with E-state index in [0.29, 0.717) is 5.69 Å². The molecule has 2 aromatic rings. The number of primary amides is 1. The molecule has 0 unspecified atom stereocenters. The van der Waals surface area contributed by atoms with Crippen molar-refractivity contribution in [2.75, 3.05) is 0 Å². The number of hydrogen-bond acceptors (Lipinski definition) is 6. The number of ether oxygens (including phenoxy) is 1. The van der Waals surface area contributed by atoms with Gasteiger partial charge in [0.1, 0.15) is 5.69 Å². The molecule has 2 heterocycles. The number of carbonyl (C=O) groups is 1. The first-order valence-corrected chi connectivity index (χ1v) is 4.77. The van der Waals surface area contributed by atoms with Gasteiger partial charge in [0.25, 0.3) is 5.19 Å². The highest BCUT2D eigenvalue weighted by Crippen LogP contribution is 2.28. The van der Waals surface area contributed by atoms with E-state index < -0.39 is 6.09 Å². The minimum absolute atomic E-state index is 0.197. The lowest BCUT2D eigenvalue weighted by Crippen LogP contribution is -2.15. The van der Waals surface area contributed by atoms with E-state index in [1.807, 2.05) is 0 Å². The number of carbonyl (C=O) groups excluding carboxylic acids is 1. The fourth-order valence-electron chi connectivity index (χ4n) is 0.936. The molecular weight excluding hydrogens is 216 g/mol. The fraction of sp³-hybridized carbons (Fsp3) is 0. The number of nitrogens with two attached hydrogens (primary N) is 1. The van der Waals surface area contributed by atoms with Gasteiger partial charge in [-0.05, 0) is 0 Å². The zero-order chi connectivity index (χ0) is 10.7. The predicted molar refractivity (Wildman–Crippen MR) is 53.4 cm³/mol. The Labute approximate surface area is 88.8 Å². The van der Waals surface area contributed by atoms with Crippen molar-refractivity contribution in [3.63, 3.8) is 0 Å². The van der Waals surface area contributed by atoms with E-state index in [-0.39, 0.29) is 5.19 Å². The highest BCUT2D eigenvalue weighted by Gasteiger charge is 2.08. The number of rotatable bonds is 2. The maximum atomic E-state index is 10.5. The molecule has 2 N–H and O–H groups in total. The number of thiazole rings is 1. The molecule has 7 heteroatoms. The Bertz CT molecular complexity index is 471. The van der Waals surface area contributed by atoms with Crippen molar-refractivity contribution in [2.24, 2.45) is 5.73 Å². The summed E-state index contributed by atoms with van der Waals surface area (Å²) in [7, 11) is 0. The largest absolute Gasteiger partial charge is 0.411 e. The van der Waals surface area contributed by atoms with E-state index >= 15 is 0 Å². The fourth-order valence-corrected chi connectivity index (χ4v) is 1.67. The molecule has 6 nitrogen and oxygen atoms in total. The second kappa shape index (κ2) is 4.01. The van der Waals surface area contributed by atoms with Crippen molar-refractivity contribution in [3.05, 3.63) is 24.8 Å². The Hall–Kier alpha value is -2.02. The Morgan fingerprint density at radius 3 is 2.87 bits per heavy atom. The molecule has 0 aliphatic heterocycles. The van der Waals surface area contributed by atoms with E-state index in [1.54, 1.807) is 24.8 Å². The molecule has 76 valence electrons. The zero-order valence-electron chi connectivity index (χ0n) is 7.45. The van der Waals surface area contributed by atoms with Gasteiger partial charge in [0.05, 0.1) is 17.3 Å². The van der Waals surface area contributed by atoms with Gasteiger partial charge in [-0.2, -0.15) is 0 Å². The van der Waals surface area contributed by atoms with Crippen LogP contribution in [-0.2, 0) is 0 Å². The summed E-state index contributed by atoms with van der Waals surface area (Å²) in [5, 5.41) is 0.197. The first-order chi connectivity index (χ1) is 7.25. The van der Waals surface area contributed by atoms with Gasteiger partial charge in [0.2, 0.25) is 0 Å². The van der Waals surface area contributed by atoms with Crippen LogP contribution in [0.5, 0.6) is 5.19 Å². The van der Waals surface area contributed by atoms with Gasteiger partial charge < -0.3 is 10.5 Å². The Morgan fingerprint density at radius 2 is 2.20 bits per heavy atom. The minimum Gasteiger partial charge on any atom is -0.381 e. The van der Waals surface area contributed by atoms with Crippen molar-refractivity contribution in [3.8, 4) is 15.8 Å². The van der Waals surface area contributed by atoms with Crippen LogP contribution in [0.1, 0.15) is 0 Å². The summed E-state index contributed by atoms with van der Waals surface area (Å²) in [6.07, 6.45) is 5.42. The summed E-state index contributed by atoms with van der Waals surface area (Å²) in [5.74, 6) is 0. The van der Waals surface area contributed by atoms with E-state index in [1.165, 1.54) is 11.3 Å². The van der Waals surface area contributed by atoms with Gasteiger partial charge in [-0.3, -0.25) is 9.97 Å². The SMILES string of the molecule is NC(=O)Oc1ncc(-c2cnccn2)s1. The van der Waals surface area contributed by atoms with Gasteiger partial charge in [-0.25, -0.2) is 9.78 Å². The van der Waals surface area contributed by atoms with Gasteiger partial charge in [0, 0.05) is 12.4 Å². The number of hydrogen-bond donors (Lipinski definition) is 1. The third-order valence-electron chi connectivity index (χ3n) is 1.49. The summed E-state index contributed by atoms with van der Waals surface area (Å²) in [6.45, 7) is 0. The smallest absolute Gasteiger partial charge is 0.381 e. The topological polar surface area (TPSA) is 91.0 Å². The molecule has 0 aromatic carbocycles.